The van der Waals surface area contributed by atoms with Crippen molar-refractivity contribution in [1.29, 1.82) is 0 Å². The third kappa shape index (κ3) is 3.14. The Kier molecular flexibility index (Phi) is 3.06. The van der Waals surface area contributed by atoms with Gasteiger partial charge in [-0.15, -0.1) is 0 Å². The lowest BCUT2D eigenvalue weighted by atomic mass is 10.3. The average Bonchev–Trinajstić information content (AvgIpc) is 2.08. The predicted octanol–water partition coefficient (Wildman–Crippen LogP) is 1.50. The first kappa shape index (κ1) is 10.8. The minimum Gasteiger partial charge on any atom is -0.449 e. The van der Waals surface area contributed by atoms with Gasteiger partial charge in [0.1, 0.15) is 0 Å². The molecular formula is C8H7NO6. The maximum atomic E-state index is 10.3. The van der Waals surface area contributed by atoms with Crippen molar-refractivity contribution in [2.45, 2.75) is 6.92 Å². The molecule has 0 bridgehead atoms. The molecule has 0 fully saturated rings. The summed E-state index contributed by atoms with van der Waals surface area (Å²) in [7, 11) is 0. The van der Waals surface area contributed by atoms with Gasteiger partial charge >= 0.3 is 12.3 Å². The third-order valence-electron chi connectivity index (χ3n) is 1.35. The Morgan fingerprint density at radius 2 is 1.80 bits per heavy atom. The molecule has 0 radical (unpaired) electrons. The van der Waals surface area contributed by atoms with Crippen LogP contribution >= 0.6 is 0 Å². The largest absolute Gasteiger partial charge is 0.512 e. The van der Waals surface area contributed by atoms with Gasteiger partial charge in [-0.3, -0.25) is 0 Å². The van der Waals surface area contributed by atoms with E-state index in [1.165, 1.54) is 12.1 Å². The van der Waals surface area contributed by atoms with E-state index < -0.39 is 18.2 Å². The molecule has 1 heterocycles. The number of aryl methyl sites for hydroxylation is 1. The number of carbonyl (C=O) groups is 2. The first-order chi connectivity index (χ1) is 6.99. The monoisotopic (exact) mass is 213 g/mol. The summed E-state index contributed by atoms with van der Waals surface area (Å²) in [6, 6.07) is 2.72. The fourth-order valence-corrected chi connectivity index (χ4v) is 0.848. The van der Waals surface area contributed by atoms with Gasteiger partial charge in [-0.1, -0.05) is 0 Å². The highest BCUT2D eigenvalue weighted by Gasteiger charge is 2.13. The Labute approximate surface area is 83.9 Å². The number of ether oxygens (including phenoxy) is 2. The number of hydrogen-bond acceptors (Lipinski definition) is 5. The van der Waals surface area contributed by atoms with Crippen LogP contribution in [0.1, 0.15) is 5.69 Å². The normalized spacial score (nSPS) is 9.40. The number of rotatable bonds is 2. The molecule has 0 atom stereocenters. The second-order valence-corrected chi connectivity index (χ2v) is 2.49. The highest BCUT2D eigenvalue weighted by molar-refractivity contribution is 5.65. The van der Waals surface area contributed by atoms with Crippen LogP contribution in [-0.4, -0.2) is 27.5 Å². The maximum absolute atomic E-state index is 10.3. The van der Waals surface area contributed by atoms with Crippen LogP contribution in [-0.2, 0) is 0 Å². The van der Waals surface area contributed by atoms with E-state index in [2.05, 4.69) is 14.5 Å². The summed E-state index contributed by atoms with van der Waals surface area (Å²) in [5, 5.41) is 16.7. The summed E-state index contributed by atoms with van der Waals surface area (Å²) in [5.74, 6) is -0.666. The molecule has 15 heavy (non-hydrogen) atoms. The Hall–Kier alpha value is -2.31. The van der Waals surface area contributed by atoms with Crippen molar-refractivity contribution in [3.05, 3.63) is 17.8 Å². The quantitative estimate of drug-likeness (QED) is 0.717. The minimum atomic E-state index is -1.59. The molecule has 1 aromatic heterocycles. The fourth-order valence-electron chi connectivity index (χ4n) is 0.848. The van der Waals surface area contributed by atoms with E-state index in [4.69, 9.17) is 10.2 Å². The third-order valence-corrected chi connectivity index (χ3v) is 1.35. The SMILES string of the molecule is Cc1ccc(OC(=O)O)c(OC(=O)O)n1. The smallest absolute Gasteiger partial charge is 0.449 e. The fraction of sp³-hybridized carbons (Fsp3) is 0.125. The Balaban J connectivity index is 3.02. The van der Waals surface area contributed by atoms with Crippen LogP contribution < -0.4 is 9.47 Å². The molecular weight excluding hydrogens is 206 g/mol. The van der Waals surface area contributed by atoms with Gasteiger partial charge < -0.3 is 19.7 Å². The number of hydrogen-bond donors (Lipinski definition) is 2. The van der Waals surface area contributed by atoms with Crippen LogP contribution in [0.5, 0.6) is 11.6 Å². The number of nitrogens with zero attached hydrogens (tertiary/aromatic N) is 1. The highest BCUT2D eigenvalue weighted by atomic mass is 16.7. The molecule has 7 heteroatoms. The van der Waals surface area contributed by atoms with Gasteiger partial charge in [-0.05, 0) is 19.1 Å². The molecule has 1 aromatic rings. The predicted molar refractivity (Wildman–Crippen MR) is 46.3 cm³/mol. The topological polar surface area (TPSA) is 106 Å². The summed E-state index contributed by atoms with van der Waals surface area (Å²) in [6.45, 7) is 1.60. The minimum absolute atomic E-state index is 0.268. The molecule has 0 aromatic carbocycles. The molecule has 0 spiro atoms. The summed E-state index contributed by atoms with van der Waals surface area (Å²) >= 11 is 0. The van der Waals surface area contributed by atoms with Crippen LogP contribution in [0.15, 0.2) is 12.1 Å². The Bertz CT molecular complexity index is 402. The molecule has 1 rings (SSSR count). The van der Waals surface area contributed by atoms with E-state index in [1.807, 2.05) is 0 Å². The average molecular weight is 213 g/mol. The molecule has 0 saturated heterocycles. The van der Waals surface area contributed by atoms with E-state index in [0.717, 1.165) is 0 Å². The summed E-state index contributed by atoms with van der Waals surface area (Å²) in [5.41, 5.74) is 0.476. The first-order valence-corrected chi connectivity index (χ1v) is 3.78. The van der Waals surface area contributed by atoms with Gasteiger partial charge in [-0.2, -0.15) is 0 Å². The van der Waals surface area contributed by atoms with Crippen molar-refractivity contribution in [2.24, 2.45) is 0 Å². The molecule has 0 aliphatic heterocycles. The van der Waals surface area contributed by atoms with Gasteiger partial charge in [0.05, 0.1) is 0 Å². The first-order valence-electron chi connectivity index (χ1n) is 3.78. The Morgan fingerprint density at radius 1 is 1.20 bits per heavy atom. The molecule has 0 amide bonds. The van der Waals surface area contributed by atoms with E-state index in [9.17, 15) is 9.59 Å². The second-order valence-electron chi connectivity index (χ2n) is 2.49. The lowest BCUT2D eigenvalue weighted by Gasteiger charge is -2.05. The zero-order chi connectivity index (χ0) is 11.4. The van der Waals surface area contributed by atoms with Crippen LogP contribution in [0.2, 0.25) is 0 Å². The second kappa shape index (κ2) is 4.27. The molecule has 80 valence electrons. The van der Waals surface area contributed by atoms with Crippen molar-refractivity contribution in [3.63, 3.8) is 0 Å². The molecule has 0 saturated carbocycles. The number of aromatic nitrogens is 1. The lowest BCUT2D eigenvalue weighted by molar-refractivity contribution is 0.131. The van der Waals surface area contributed by atoms with Crippen LogP contribution in [0.3, 0.4) is 0 Å². The van der Waals surface area contributed by atoms with Crippen LogP contribution in [0.4, 0.5) is 9.59 Å². The van der Waals surface area contributed by atoms with E-state index in [-0.39, 0.29) is 5.75 Å². The van der Waals surface area contributed by atoms with Crippen molar-refractivity contribution in [3.8, 4) is 11.6 Å². The van der Waals surface area contributed by atoms with Gasteiger partial charge in [0.2, 0.25) is 0 Å². The van der Waals surface area contributed by atoms with Gasteiger partial charge in [-0.25, -0.2) is 14.6 Å². The van der Waals surface area contributed by atoms with Gasteiger partial charge in [0.15, 0.2) is 5.75 Å². The maximum Gasteiger partial charge on any atom is 0.512 e. The molecule has 0 unspecified atom stereocenters. The molecule has 0 aliphatic rings. The summed E-state index contributed by atoms with van der Waals surface area (Å²) in [4.78, 5) is 24.2. The number of carboxylic acid groups (broad SMARTS) is 2. The van der Waals surface area contributed by atoms with Crippen molar-refractivity contribution >= 4 is 12.3 Å². The summed E-state index contributed by atoms with van der Waals surface area (Å²) < 4.78 is 8.51. The highest BCUT2D eigenvalue weighted by Crippen LogP contribution is 2.24. The van der Waals surface area contributed by atoms with Gasteiger partial charge in [0, 0.05) is 5.69 Å². The lowest BCUT2D eigenvalue weighted by Crippen LogP contribution is -2.10. The zero-order valence-electron chi connectivity index (χ0n) is 7.63. The molecule has 2 N–H and O–H groups in total. The van der Waals surface area contributed by atoms with Gasteiger partial charge in [0.25, 0.3) is 5.88 Å². The van der Waals surface area contributed by atoms with Crippen molar-refractivity contribution < 1.29 is 29.3 Å². The molecule has 7 nitrogen and oxygen atoms in total. The van der Waals surface area contributed by atoms with Crippen molar-refractivity contribution in [2.75, 3.05) is 0 Å². The van der Waals surface area contributed by atoms with E-state index >= 15 is 0 Å². The van der Waals surface area contributed by atoms with Crippen molar-refractivity contribution in [1.82, 2.24) is 4.98 Å². The standard InChI is InChI=1S/C8H7NO6/c1-4-2-3-5(14-7(10)11)6(9-4)15-8(12)13/h2-3H,1H3,(H,10,11)(H,12,13). The van der Waals surface area contributed by atoms with E-state index in [1.54, 1.807) is 6.92 Å². The van der Waals surface area contributed by atoms with Crippen LogP contribution in [0.25, 0.3) is 0 Å². The number of pyridine rings is 1. The van der Waals surface area contributed by atoms with E-state index in [0.29, 0.717) is 5.69 Å². The molecule has 0 aliphatic carbocycles. The van der Waals surface area contributed by atoms with Crippen LogP contribution in [0, 0.1) is 6.92 Å². The zero-order valence-corrected chi connectivity index (χ0v) is 7.63. The summed E-state index contributed by atoms with van der Waals surface area (Å²) in [6.07, 6.45) is -3.17. The Morgan fingerprint density at radius 3 is 2.33 bits per heavy atom.